The summed E-state index contributed by atoms with van der Waals surface area (Å²) in [6.07, 6.45) is 0.538. The minimum atomic E-state index is -0.757. The zero-order valence-corrected chi connectivity index (χ0v) is 7.54. The maximum absolute atomic E-state index is 11.0. The normalized spacial score (nSPS) is 35.6. The van der Waals surface area contributed by atoms with E-state index in [4.69, 9.17) is 23.2 Å². The second-order valence-electron chi connectivity index (χ2n) is 2.76. The average Bonchev–Trinajstić information content (AvgIpc) is 2.33. The number of Topliss-reactive ketones (excluding diaryl/α,β-unsaturated/α-hetero) is 1. The van der Waals surface area contributed by atoms with Crippen LogP contribution in [0.5, 0.6) is 0 Å². The van der Waals surface area contributed by atoms with Gasteiger partial charge in [-0.15, -0.1) is 23.2 Å². The number of hydrogen-bond donors (Lipinski definition) is 0. The van der Waals surface area contributed by atoms with Gasteiger partial charge < -0.3 is 0 Å². The molecule has 1 rings (SSSR count). The summed E-state index contributed by atoms with van der Waals surface area (Å²) in [6, 6.07) is 0. The molecular weight excluding hydrogens is 171 g/mol. The van der Waals surface area contributed by atoms with Crippen LogP contribution >= 0.6 is 23.2 Å². The lowest BCUT2D eigenvalue weighted by Crippen LogP contribution is -2.03. The quantitative estimate of drug-likeness (QED) is 0.597. The van der Waals surface area contributed by atoms with Crippen LogP contribution in [0.1, 0.15) is 20.3 Å². The predicted molar refractivity (Wildman–Crippen MR) is 42.4 cm³/mol. The fourth-order valence-electron chi connectivity index (χ4n) is 1.19. The molecular formula is C7H10Cl2O. The number of hydrogen-bond acceptors (Lipinski definition) is 1. The molecule has 3 heteroatoms. The van der Waals surface area contributed by atoms with E-state index in [1.165, 1.54) is 0 Å². The van der Waals surface area contributed by atoms with Gasteiger partial charge in [-0.25, -0.2) is 0 Å². The Morgan fingerprint density at radius 2 is 2.00 bits per heavy atom. The van der Waals surface area contributed by atoms with E-state index in [0.29, 0.717) is 6.42 Å². The van der Waals surface area contributed by atoms with Gasteiger partial charge in [-0.2, -0.15) is 0 Å². The topological polar surface area (TPSA) is 17.1 Å². The van der Waals surface area contributed by atoms with Crippen LogP contribution in [0.2, 0.25) is 0 Å². The lowest BCUT2D eigenvalue weighted by molar-refractivity contribution is -0.120. The highest BCUT2D eigenvalue weighted by molar-refractivity contribution is 6.52. The fourth-order valence-corrected chi connectivity index (χ4v) is 1.94. The second-order valence-corrected chi connectivity index (χ2v) is 4.21. The molecule has 0 radical (unpaired) electrons. The lowest BCUT2D eigenvalue weighted by atomic mass is 10.2. The molecule has 2 atom stereocenters. The molecule has 0 spiro atoms. The van der Waals surface area contributed by atoms with Crippen LogP contribution in [0, 0.1) is 11.8 Å². The van der Waals surface area contributed by atoms with E-state index in [-0.39, 0.29) is 17.6 Å². The third kappa shape index (κ3) is 1.06. The molecule has 2 unspecified atom stereocenters. The Kier molecular flexibility index (Phi) is 1.99. The Hall–Kier alpha value is 0.250. The number of halogens is 2. The van der Waals surface area contributed by atoms with Crippen molar-refractivity contribution in [3.8, 4) is 0 Å². The first-order chi connectivity index (χ1) is 4.51. The summed E-state index contributed by atoms with van der Waals surface area (Å²) in [6.45, 7) is 3.73. The van der Waals surface area contributed by atoms with Crippen molar-refractivity contribution in [2.75, 3.05) is 0 Å². The maximum Gasteiger partial charge on any atom is 0.139 e. The molecule has 0 aliphatic heterocycles. The smallest absolute Gasteiger partial charge is 0.139 e. The van der Waals surface area contributed by atoms with Gasteiger partial charge in [-0.3, -0.25) is 4.79 Å². The van der Waals surface area contributed by atoms with Gasteiger partial charge in [-0.05, 0) is 0 Å². The largest absolute Gasteiger partial charge is 0.299 e. The van der Waals surface area contributed by atoms with Gasteiger partial charge in [0, 0.05) is 12.3 Å². The number of ketones is 1. The van der Waals surface area contributed by atoms with Crippen LogP contribution in [0.15, 0.2) is 0 Å². The number of alkyl halides is 2. The Labute approximate surface area is 70.7 Å². The minimum Gasteiger partial charge on any atom is -0.299 e. The van der Waals surface area contributed by atoms with E-state index in [9.17, 15) is 4.79 Å². The summed E-state index contributed by atoms with van der Waals surface area (Å²) in [4.78, 5) is 11.0. The average molecular weight is 181 g/mol. The molecule has 0 bridgehead atoms. The molecule has 1 saturated carbocycles. The van der Waals surface area contributed by atoms with E-state index < -0.39 is 4.33 Å². The molecule has 0 aromatic rings. The van der Waals surface area contributed by atoms with E-state index in [1.54, 1.807) is 0 Å². The molecule has 0 aromatic carbocycles. The Morgan fingerprint density at radius 3 is 2.10 bits per heavy atom. The zero-order valence-electron chi connectivity index (χ0n) is 6.03. The number of carbonyl (C=O) groups excluding carboxylic acids is 1. The molecule has 10 heavy (non-hydrogen) atoms. The minimum absolute atomic E-state index is 0.110. The van der Waals surface area contributed by atoms with Gasteiger partial charge in [0.1, 0.15) is 10.1 Å². The molecule has 0 saturated heterocycles. The van der Waals surface area contributed by atoms with Crippen molar-refractivity contribution in [3.63, 3.8) is 0 Å². The van der Waals surface area contributed by atoms with Gasteiger partial charge in [0.25, 0.3) is 0 Å². The molecule has 1 aliphatic carbocycles. The number of carbonyl (C=O) groups is 1. The van der Waals surface area contributed by atoms with Crippen molar-refractivity contribution in [1.82, 2.24) is 0 Å². The molecule has 1 nitrogen and oxygen atoms in total. The summed E-state index contributed by atoms with van der Waals surface area (Å²) < 4.78 is -0.757. The van der Waals surface area contributed by atoms with E-state index in [1.807, 2.05) is 13.8 Å². The van der Waals surface area contributed by atoms with Crippen LogP contribution in [-0.2, 0) is 4.79 Å². The highest BCUT2D eigenvalue weighted by Gasteiger charge is 2.63. The maximum atomic E-state index is 11.0. The van der Waals surface area contributed by atoms with Crippen LogP contribution in [0.4, 0.5) is 0 Å². The third-order valence-electron chi connectivity index (χ3n) is 2.11. The first-order valence-electron chi connectivity index (χ1n) is 3.42. The van der Waals surface area contributed by atoms with Crippen LogP contribution in [-0.4, -0.2) is 10.1 Å². The summed E-state index contributed by atoms with van der Waals surface area (Å²) >= 11 is 11.6. The molecule has 0 heterocycles. The van der Waals surface area contributed by atoms with E-state index in [2.05, 4.69) is 0 Å². The zero-order chi connectivity index (χ0) is 7.94. The third-order valence-corrected chi connectivity index (χ3v) is 3.27. The Bertz CT molecular complexity index is 165. The van der Waals surface area contributed by atoms with Crippen molar-refractivity contribution in [3.05, 3.63) is 0 Å². The monoisotopic (exact) mass is 180 g/mol. The molecule has 0 amide bonds. The summed E-state index contributed by atoms with van der Waals surface area (Å²) in [5.74, 6) is 0.210. The summed E-state index contributed by atoms with van der Waals surface area (Å²) in [5.41, 5.74) is 0. The van der Waals surface area contributed by atoms with Gasteiger partial charge >= 0.3 is 0 Å². The van der Waals surface area contributed by atoms with Crippen LogP contribution < -0.4 is 0 Å². The Balaban J connectivity index is 2.57. The predicted octanol–water partition coefficient (Wildman–Crippen LogP) is 2.41. The molecule has 0 N–H and O–H groups in total. The molecule has 1 fully saturated rings. The standard InChI is InChI=1S/C7H10Cl2O/c1-3-5(10)6-4(2)7(6,8)9/h4,6H,3H2,1-2H3. The van der Waals surface area contributed by atoms with Gasteiger partial charge in [0.2, 0.25) is 0 Å². The van der Waals surface area contributed by atoms with Gasteiger partial charge in [0.05, 0.1) is 5.92 Å². The highest BCUT2D eigenvalue weighted by Crippen LogP contribution is 2.59. The van der Waals surface area contributed by atoms with Crippen molar-refractivity contribution >= 4 is 29.0 Å². The van der Waals surface area contributed by atoms with Crippen LogP contribution in [0.3, 0.4) is 0 Å². The van der Waals surface area contributed by atoms with E-state index >= 15 is 0 Å². The lowest BCUT2D eigenvalue weighted by Gasteiger charge is -1.93. The fraction of sp³-hybridized carbons (Fsp3) is 0.857. The Morgan fingerprint density at radius 1 is 1.60 bits per heavy atom. The highest BCUT2D eigenvalue weighted by atomic mass is 35.5. The van der Waals surface area contributed by atoms with Gasteiger partial charge in [-0.1, -0.05) is 13.8 Å². The van der Waals surface area contributed by atoms with Crippen molar-refractivity contribution < 1.29 is 4.79 Å². The second kappa shape index (κ2) is 2.38. The van der Waals surface area contributed by atoms with Crippen molar-refractivity contribution in [2.24, 2.45) is 11.8 Å². The first kappa shape index (κ1) is 8.35. The summed E-state index contributed by atoms with van der Waals surface area (Å²) in [7, 11) is 0. The molecule has 0 aromatic heterocycles. The van der Waals surface area contributed by atoms with Crippen molar-refractivity contribution in [1.29, 1.82) is 0 Å². The SMILES string of the molecule is CCC(=O)C1C(C)C1(Cl)Cl. The summed E-state index contributed by atoms with van der Waals surface area (Å²) in [5, 5.41) is 0. The first-order valence-corrected chi connectivity index (χ1v) is 4.18. The molecule has 1 aliphatic rings. The van der Waals surface area contributed by atoms with E-state index in [0.717, 1.165) is 0 Å². The van der Waals surface area contributed by atoms with Gasteiger partial charge in [0.15, 0.2) is 0 Å². The molecule has 58 valence electrons. The van der Waals surface area contributed by atoms with Crippen LogP contribution in [0.25, 0.3) is 0 Å². The van der Waals surface area contributed by atoms with Crippen molar-refractivity contribution in [2.45, 2.75) is 24.6 Å². The number of rotatable bonds is 2.